The number of rotatable bonds is 3. The smallest absolute Gasteiger partial charge is 0.317 e. The number of hydrogen-bond donors (Lipinski definition) is 1. The molecule has 0 radical (unpaired) electrons. The van der Waals surface area contributed by atoms with Gasteiger partial charge in [0.05, 0.1) is 0 Å². The van der Waals surface area contributed by atoms with Crippen LogP contribution in [0.2, 0.25) is 0 Å². The van der Waals surface area contributed by atoms with Crippen molar-refractivity contribution < 1.29 is 9.18 Å². The quantitative estimate of drug-likeness (QED) is 0.894. The molecule has 1 N–H and O–H groups in total. The first-order valence-corrected chi connectivity index (χ1v) is 6.96. The number of carbonyl (C=O) groups excluding carboxylic acids is 1. The maximum atomic E-state index is 12.7. The van der Waals surface area contributed by atoms with Crippen LogP contribution in [0.4, 0.5) is 9.18 Å². The Labute approximate surface area is 113 Å². The standard InChI is InChI=1S/C15H21FN2O/c1-12-4-2-3-11-18(12)15(19)17-10-9-13-5-7-14(16)8-6-13/h5-8,12H,2-4,9-11H2,1H3,(H,17,19). The van der Waals surface area contributed by atoms with Crippen LogP contribution in [0.15, 0.2) is 24.3 Å². The van der Waals surface area contributed by atoms with Gasteiger partial charge in [0, 0.05) is 19.1 Å². The number of urea groups is 1. The number of nitrogens with one attached hydrogen (secondary N) is 1. The molecule has 1 fully saturated rings. The number of benzene rings is 1. The van der Waals surface area contributed by atoms with Crippen LogP contribution in [-0.4, -0.2) is 30.1 Å². The molecule has 1 aromatic carbocycles. The van der Waals surface area contributed by atoms with Gasteiger partial charge in [-0.1, -0.05) is 12.1 Å². The van der Waals surface area contributed by atoms with Crippen LogP contribution in [0.5, 0.6) is 0 Å². The summed E-state index contributed by atoms with van der Waals surface area (Å²) >= 11 is 0. The van der Waals surface area contributed by atoms with Crippen LogP contribution in [0.25, 0.3) is 0 Å². The zero-order valence-electron chi connectivity index (χ0n) is 11.4. The largest absolute Gasteiger partial charge is 0.338 e. The molecule has 0 aliphatic carbocycles. The molecule has 19 heavy (non-hydrogen) atoms. The third-order valence-corrected chi connectivity index (χ3v) is 3.67. The lowest BCUT2D eigenvalue weighted by Crippen LogP contribution is -2.47. The molecular weight excluding hydrogens is 243 g/mol. The molecule has 1 unspecified atom stereocenters. The van der Waals surface area contributed by atoms with Gasteiger partial charge in [-0.15, -0.1) is 0 Å². The Hall–Kier alpha value is -1.58. The number of halogens is 1. The third kappa shape index (κ3) is 3.94. The number of piperidine rings is 1. The van der Waals surface area contributed by atoms with Gasteiger partial charge in [0.1, 0.15) is 5.82 Å². The highest BCUT2D eigenvalue weighted by Crippen LogP contribution is 2.16. The van der Waals surface area contributed by atoms with Crippen molar-refractivity contribution in [1.82, 2.24) is 10.2 Å². The fourth-order valence-electron chi connectivity index (χ4n) is 2.47. The summed E-state index contributed by atoms with van der Waals surface area (Å²) in [4.78, 5) is 13.9. The van der Waals surface area contributed by atoms with Gasteiger partial charge in [0.2, 0.25) is 0 Å². The van der Waals surface area contributed by atoms with E-state index in [0.29, 0.717) is 12.6 Å². The van der Waals surface area contributed by atoms with Crippen molar-refractivity contribution in [2.75, 3.05) is 13.1 Å². The summed E-state index contributed by atoms with van der Waals surface area (Å²) in [7, 11) is 0. The van der Waals surface area contributed by atoms with Crippen LogP contribution >= 0.6 is 0 Å². The Morgan fingerprint density at radius 3 is 2.79 bits per heavy atom. The molecule has 2 amide bonds. The van der Waals surface area contributed by atoms with Crippen LogP contribution in [0.1, 0.15) is 31.7 Å². The minimum Gasteiger partial charge on any atom is -0.338 e. The summed E-state index contributed by atoms with van der Waals surface area (Å²) in [5, 5.41) is 2.94. The van der Waals surface area contributed by atoms with Crippen LogP contribution in [0.3, 0.4) is 0 Å². The highest BCUT2D eigenvalue weighted by Gasteiger charge is 2.22. The minimum atomic E-state index is -0.227. The number of carbonyl (C=O) groups is 1. The number of likely N-dealkylation sites (tertiary alicyclic amines) is 1. The van der Waals surface area contributed by atoms with Crippen molar-refractivity contribution in [1.29, 1.82) is 0 Å². The highest BCUT2D eigenvalue weighted by molar-refractivity contribution is 5.74. The summed E-state index contributed by atoms with van der Waals surface area (Å²) in [6, 6.07) is 6.76. The van der Waals surface area contributed by atoms with E-state index >= 15 is 0 Å². The van der Waals surface area contributed by atoms with E-state index in [1.807, 2.05) is 4.90 Å². The average Bonchev–Trinajstić information content (AvgIpc) is 2.41. The third-order valence-electron chi connectivity index (χ3n) is 3.67. The van der Waals surface area contributed by atoms with Gasteiger partial charge < -0.3 is 10.2 Å². The van der Waals surface area contributed by atoms with Gasteiger partial charge in [-0.25, -0.2) is 9.18 Å². The molecule has 1 aliphatic heterocycles. The molecule has 0 bridgehead atoms. The lowest BCUT2D eigenvalue weighted by molar-refractivity contribution is 0.158. The molecule has 1 heterocycles. The van der Waals surface area contributed by atoms with Crippen molar-refractivity contribution in [2.45, 2.75) is 38.6 Å². The van der Waals surface area contributed by atoms with Crippen molar-refractivity contribution in [3.05, 3.63) is 35.6 Å². The number of nitrogens with zero attached hydrogens (tertiary/aromatic N) is 1. The predicted octanol–water partition coefficient (Wildman–Crippen LogP) is 2.95. The summed E-state index contributed by atoms with van der Waals surface area (Å²) in [5.41, 5.74) is 1.04. The number of hydrogen-bond acceptors (Lipinski definition) is 1. The lowest BCUT2D eigenvalue weighted by atomic mass is 10.0. The first-order chi connectivity index (χ1) is 9.16. The highest BCUT2D eigenvalue weighted by atomic mass is 19.1. The molecule has 1 aromatic rings. The van der Waals surface area contributed by atoms with Gasteiger partial charge in [-0.05, 0) is 50.3 Å². The summed E-state index contributed by atoms with van der Waals surface area (Å²) < 4.78 is 12.7. The molecule has 104 valence electrons. The molecule has 0 aromatic heterocycles. The van der Waals surface area contributed by atoms with Crippen LogP contribution in [0, 0.1) is 5.82 Å². The van der Waals surface area contributed by atoms with Gasteiger partial charge >= 0.3 is 6.03 Å². The zero-order valence-corrected chi connectivity index (χ0v) is 11.4. The van der Waals surface area contributed by atoms with Gasteiger partial charge in [0.15, 0.2) is 0 Å². The normalized spacial score (nSPS) is 19.3. The van der Waals surface area contributed by atoms with E-state index in [2.05, 4.69) is 12.2 Å². The second-order valence-corrected chi connectivity index (χ2v) is 5.15. The van der Waals surface area contributed by atoms with E-state index in [9.17, 15) is 9.18 Å². The van der Waals surface area contributed by atoms with Crippen molar-refractivity contribution >= 4 is 6.03 Å². The maximum absolute atomic E-state index is 12.7. The molecular formula is C15H21FN2O. The van der Waals surface area contributed by atoms with Crippen molar-refractivity contribution in [3.8, 4) is 0 Å². The Kier molecular flexibility index (Phi) is 4.77. The first-order valence-electron chi connectivity index (χ1n) is 6.96. The predicted molar refractivity (Wildman–Crippen MR) is 73.5 cm³/mol. The topological polar surface area (TPSA) is 32.3 Å². The van der Waals surface area contributed by atoms with E-state index in [1.165, 1.54) is 18.6 Å². The molecule has 1 atom stereocenters. The van der Waals surface area contributed by atoms with E-state index in [0.717, 1.165) is 31.4 Å². The van der Waals surface area contributed by atoms with Gasteiger partial charge in [-0.2, -0.15) is 0 Å². The molecule has 0 spiro atoms. The summed E-state index contributed by atoms with van der Waals surface area (Å²) in [6.45, 7) is 3.54. The fourth-order valence-corrected chi connectivity index (χ4v) is 2.47. The summed E-state index contributed by atoms with van der Waals surface area (Å²) in [5.74, 6) is -0.227. The van der Waals surface area contributed by atoms with E-state index in [-0.39, 0.29) is 11.8 Å². The summed E-state index contributed by atoms with van der Waals surface area (Å²) in [6.07, 6.45) is 4.12. The molecule has 0 saturated carbocycles. The second-order valence-electron chi connectivity index (χ2n) is 5.15. The average molecular weight is 264 g/mol. The first kappa shape index (κ1) is 13.8. The van der Waals surface area contributed by atoms with Crippen molar-refractivity contribution in [2.24, 2.45) is 0 Å². The Morgan fingerprint density at radius 1 is 1.37 bits per heavy atom. The molecule has 4 heteroatoms. The molecule has 1 saturated heterocycles. The molecule has 1 aliphatic rings. The molecule has 3 nitrogen and oxygen atoms in total. The van der Waals surface area contributed by atoms with E-state index < -0.39 is 0 Å². The van der Waals surface area contributed by atoms with Gasteiger partial charge in [-0.3, -0.25) is 0 Å². The minimum absolute atomic E-state index is 0.0225. The second kappa shape index (κ2) is 6.55. The molecule has 2 rings (SSSR count). The maximum Gasteiger partial charge on any atom is 0.317 e. The SMILES string of the molecule is CC1CCCCN1C(=O)NCCc1ccc(F)cc1. The Balaban J connectivity index is 1.75. The Bertz CT molecular complexity index is 419. The lowest BCUT2D eigenvalue weighted by Gasteiger charge is -2.33. The fraction of sp³-hybridized carbons (Fsp3) is 0.533. The van der Waals surface area contributed by atoms with Gasteiger partial charge in [0.25, 0.3) is 0 Å². The zero-order chi connectivity index (χ0) is 13.7. The van der Waals surface area contributed by atoms with E-state index in [4.69, 9.17) is 0 Å². The van der Waals surface area contributed by atoms with E-state index in [1.54, 1.807) is 12.1 Å². The van der Waals surface area contributed by atoms with Crippen LogP contribution in [-0.2, 0) is 6.42 Å². The van der Waals surface area contributed by atoms with Crippen molar-refractivity contribution in [3.63, 3.8) is 0 Å². The monoisotopic (exact) mass is 264 g/mol. The number of amides is 2. The Morgan fingerprint density at radius 2 is 2.11 bits per heavy atom. The van der Waals surface area contributed by atoms with Crippen LogP contribution < -0.4 is 5.32 Å².